The van der Waals surface area contributed by atoms with Gasteiger partial charge in [-0.2, -0.15) is 5.10 Å². The second-order valence-corrected chi connectivity index (χ2v) is 7.29. The fourth-order valence-corrected chi connectivity index (χ4v) is 3.75. The molecule has 1 saturated heterocycles. The standard InChI is InChI=1S/C18H21BrN4O3/c1-2-23-11-14(19)17(20-23)18(24)22-7-5-21(6-8-22)10-13-3-4-15-16(9-13)26-12-25-15/h3-4,9,11H,2,5-8,10,12H2,1H3. The zero-order chi connectivity index (χ0) is 18.1. The van der Waals surface area contributed by atoms with Crippen molar-refractivity contribution < 1.29 is 14.3 Å². The molecular formula is C18H21BrN4O3. The number of amides is 1. The van der Waals surface area contributed by atoms with Crippen LogP contribution in [0.25, 0.3) is 0 Å². The zero-order valence-corrected chi connectivity index (χ0v) is 16.2. The first-order valence-electron chi connectivity index (χ1n) is 8.77. The number of rotatable bonds is 4. The summed E-state index contributed by atoms with van der Waals surface area (Å²) in [6, 6.07) is 6.06. The molecule has 3 heterocycles. The van der Waals surface area contributed by atoms with Crippen LogP contribution in [0.5, 0.6) is 11.5 Å². The Labute approximate surface area is 160 Å². The van der Waals surface area contributed by atoms with Crippen LogP contribution in [0.4, 0.5) is 0 Å². The minimum Gasteiger partial charge on any atom is -0.454 e. The molecule has 1 amide bonds. The van der Waals surface area contributed by atoms with Gasteiger partial charge in [0.05, 0.1) is 4.47 Å². The van der Waals surface area contributed by atoms with Gasteiger partial charge in [0.25, 0.3) is 5.91 Å². The molecule has 138 valence electrons. The molecule has 2 aliphatic heterocycles. The number of piperazine rings is 1. The fourth-order valence-electron chi connectivity index (χ4n) is 3.26. The molecule has 0 bridgehead atoms. The fraction of sp³-hybridized carbons (Fsp3) is 0.444. The number of carbonyl (C=O) groups is 1. The maximum Gasteiger partial charge on any atom is 0.275 e. The van der Waals surface area contributed by atoms with Crippen LogP contribution in [-0.2, 0) is 13.1 Å². The summed E-state index contributed by atoms with van der Waals surface area (Å²) in [5.41, 5.74) is 1.69. The van der Waals surface area contributed by atoms with Gasteiger partial charge >= 0.3 is 0 Å². The van der Waals surface area contributed by atoms with E-state index in [-0.39, 0.29) is 5.91 Å². The molecule has 1 fully saturated rings. The molecule has 0 radical (unpaired) electrons. The predicted molar refractivity (Wildman–Crippen MR) is 99.3 cm³/mol. The molecule has 0 aliphatic carbocycles. The maximum atomic E-state index is 12.7. The Morgan fingerprint density at radius 1 is 1.19 bits per heavy atom. The van der Waals surface area contributed by atoms with E-state index >= 15 is 0 Å². The van der Waals surface area contributed by atoms with Crippen LogP contribution in [0.1, 0.15) is 23.0 Å². The lowest BCUT2D eigenvalue weighted by Gasteiger charge is -2.34. The quantitative estimate of drug-likeness (QED) is 0.759. The Hall–Kier alpha value is -2.06. The van der Waals surface area contributed by atoms with Crippen molar-refractivity contribution in [2.45, 2.75) is 20.0 Å². The molecule has 0 saturated carbocycles. The summed E-state index contributed by atoms with van der Waals surface area (Å²) in [6.45, 7) is 6.97. The lowest BCUT2D eigenvalue weighted by molar-refractivity contribution is 0.0621. The Bertz CT molecular complexity index is 815. The Balaban J connectivity index is 1.35. The highest BCUT2D eigenvalue weighted by atomic mass is 79.9. The van der Waals surface area contributed by atoms with Gasteiger partial charge in [-0.25, -0.2) is 0 Å². The molecule has 0 spiro atoms. The second kappa shape index (κ2) is 7.28. The molecule has 2 aliphatic rings. The molecule has 0 unspecified atom stereocenters. The van der Waals surface area contributed by atoms with E-state index in [0.29, 0.717) is 25.6 Å². The number of ether oxygens (including phenoxy) is 2. The van der Waals surface area contributed by atoms with Gasteiger partial charge in [0.1, 0.15) is 0 Å². The van der Waals surface area contributed by atoms with Crippen molar-refractivity contribution in [2.24, 2.45) is 0 Å². The predicted octanol–water partition coefficient (Wildman–Crippen LogP) is 2.35. The van der Waals surface area contributed by atoms with Crippen LogP contribution in [0, 0.1) is 0 Å². The molecule has 26 heavy (non-hydrogen) atoms. The van der Waals surface area contributed by atoms with Crippen LogP contribution >= 0.6 is 15.9 Å². The van der Waals surface area contributed by atoms with Gasteiger partial charge in [-0.05, 0) is 40.5 Å². The summed E-state index contributed by atoms with van der Waals surface area (Å²) in [5, 5.41) is 4.36. The van der Waals surface area contributed by atoms with Crippen LogP contribution < -0.4 is 9.47 Å². The SMILES string of the molecule is CCn1cc(Br)c(C(=O)N2CCN(Cc3ccc4c(c3)OCO4)CC2)n1. The van der Waals surface area contributed by atoms with Crippen LogP contribution in [0.15, 0.2) is 28.9 Å². The minimum absolute atomic E-state index is 0.00759. The van der Waals surface area contributed by atoms with Crippen molar-refractivity contribution in [1.29, 1.82) is 0 Å². The van der Waals surface area contributed by atoms with Gasteiger partial charge in [-0.3, -0.25) is 14.4 Å². The summed E-state index contributed by atoms with van der Waals surface area (Å²) in [6.07, 6.45) is 1.85. The minimum atomic E-state index is -0.00759. The highest BCUT2D eigenvalue weighted by Crippen LogP contribution is 2.32. The van der Waals surface area contributed by atoms with Crippen molar-refractivity contribution in [2.75, 3.05) is 33.0 Å². The van der Waals surface area contributed by atoms with E-state index in [4.69, 9.17) is 9.47 Å². The van der Waals surface area contributed by atoms with Crippen molar-refractivity contribution in [3.8, 4) is 11.5 Å². The van der Waals surface area contributed by atoms with Crippen LogP contribution in [0.3, 0.4) is 0 Å². The van der Waals surface area contributed by atoms with Crippen LogP contribution in [-0.4, -0.2) is 58.5 Å². The number of aryl methyl sites for hydroxylation is 1. The van der Waals surface area contributed by atoms with Gasteiger partial charge in [0.2, 0.25) is 6.79 Å². The van der Waals surface area contributed by atoms with E-state index < -0.39 is 0 Å². The third-order valence-corrected chi connectivity index (χ3v) is 5.33. The topological polar surface area (TPSA) is 59.8 Å². The summed E-state index contributed by atoms with van der Waals surface area (Å²) in [5.74, 6) is 1.61. The number of hydrogen-bond acceptors (Lipinski definition) is 5. The zero-order valence-electron chi connectivity index (χ0n) is 14.7. The number of halogens is 1. The van der Waals surface area contributed by atoms with Gasteiger partial charge in [0, 0.05) is 45.5 Å². The monoisotopic (exact) mass is 420 g/mol. The summed E-state index contributed by atoms with van der Waals surface area (Å²) in [7, 11) is 0. The smallest absolute Gasteiger partial charge is 0.275 e. The van der Waals surface area contributed by atoms with Crippen molar-refractivity contribution >= 4 is 21.8 Å². The number of carbonyl (C=O) groups excluding carboxylic acids is 1. The van der Waals surface area contributed by atoms with Crippen molar-refractivity contribution in [3.05, 3.63) is 40.1 Å². The highest BCUT2D eigenvalue weighted by Gasteiger charge is 2.26. The van der Waals surface area contributed by atoms with E-state index in [2.05, 4.69) is 32.0 Å². The van der Waals surface area contributed by atoms with E-state index in [1.165, 1.54) is 5.56 Å². The molecule has 4 rings (SSSR count). The molecule has 0 N–H and O–H groups in total. The third kappa shape index (κ3) is 3.43. The average molecular weight is 421 g/mol. The first-order valence-corrected chi connectivity index (χ1v) is 9.56. The van der Waals surface area contributed by atoms with Gasteiger partial charge in [0.15, 0.2) is 17.2 Å². The van der Waals surface area contributed by atoms with Gasteiger partial charge in [-0.1, -0.05) is 6.07 Å². The summed E-state index contributed by atoms with van der Waals surface area (Å²) >= 11 is 3.44. The van der Waals surface area contributed by atoms with Gasteiger partial charge < -0.3 is 14.4 Å². The lowest BCUT2D eigenvalue weighted by Crippen LogP contribution is -2.48. The van der Waals surface area contributed by atoms with Crippen molar-refractivity contribution in [1.82, 2.24) is 19.6 Å². The molecule has 1 aromatic heterocycles. The molecule has 0 atom stereocenters. The average Bonchev–Trinajstić information content (AvgIpc) is 3.27. The summed E-state index contributed by atoms with van der Waals surface area (Å²) < 4.78 is 13.3. The Morgan fingerprint density at radius 2 is 1.96 bits per heavy atom. The largest absolute Gasteiger partial charge is 0.454 e. The van der Waals surface area contributed by atoms with Crippen LogP contribution in [0.2, 0.25) is 0 Å². The molecule has 8 heteroatoms. The lowest BCUT2D eigenvalue weighted by atomic mass is 10.1. The van der Waals surface area contributed by atoms with Crippen molar-refractivity contribution in [3.63, 3.8) is 0 Å². The summed E-state index contributed by atoms with van der Waals surface area (Å²) in [4.78, 5) is 16.9. The number of benzene rings is 1. The number of aromatic nitrogens is 2. The first-order chi connectivity index (χ1) is 12.6. The number of nitrogens with zero attached hydrogens (tertiary/aromatic N) is 4. The first kappa shape index (κ1) is 17.4. The number of hydrogen-bond donors (Lipinski definition) is 0. The van der Waals surface area contributed by atoms with E-state index in [9.17, 15) is 4.79 Å². The molecule has 7 nitrogen and oxygen atoms in total. The molecule has 1 aromatic carbocycles. The Kier molecular flexibility index (Phi) is 4.86. The maximum absolute atomic E-state index is 12.7. The van der Waals surface area contributed by atoms with E-state index in [1.807, 2.05) is 30.2 Å². The normalized spacial score (nSPS) is 16.9. The molecule has 2 aromatic rings. The third-order valence-electron chi connectivity index (χ3n) is 4.75. The Morgan fingerprint density at radius 3 is 2.69 bits per heavy atom. The number of fused-ring (bicyclic) bond motifs is 1. The van der Waals surface area contributed by atoms with E-state index in [0.717, 1.165) is 42.2 Å². The van der Waals surface area contributed by atoms with E-state index in [1.54, 1.807) is 4.68 Å². The molecular weight excluding hydrogens is 400 g/mol. The highest BCUT2D eigenvalue weighted by molar-refractivity contribution is 9.10. The van der Waals surface area contributed by atoms with Gasteiger partial charge in [-0.15, -0.1) is 0 Å². The second-order valence-electron chi connectivity index (χ2n) is 6.44.